The monoisotopic (exact) mass is 489 g/mol. The molecule has 0 aliphatic rings. The van der Waals surface area contributed by atoms with Crippen LogP contribution in [0.4, 0.5) is 5.95 Å². The van der Waals surface area contributed by atoms with E-state index in [1.54, 1.807) is 48.5 Å². The van der Waals surface area contributed by atoms with Crippen molar-refractivity contribution in [1.29, 1.82) is 5.26 Å². The number of aromatic amines is 1. The van der Waals surface area contributed by atoms with Gasteiger partial charge < -0.3 is 4.74 Å². The molecule has 0 radical (unpaired) electrons. The molecule has 3 aromatic carbocycles. The summed E-state index contributed by atoms with van der Waals surface area (Å²) < 4.78 is 5.92. The second-order valence-corrected chi connectivity index (χ2v) is 7.83. The summed E-state index contributed by atoms with van der Waals surface area (Å²) >= 11 is 12.4. The molecular formula is C25H17Cl2N5O2. The first-order valence-corrected chi connectivity index (χ1v) is 10.9. The quantitative estimate of drug-likeness (QED) is 0.258. The van der Waals surface area contributed by atoms with Crippen LogP contribution in [0.5, 0.6) is 5.75 Å². The molecule has 0 saturated heterocycles. The molecule has 0 aliphatic heterocycles. The summed E-state index contributed by atoms with van der Waals surface area (Å²) in [6.07, 6.45) is 1.53. The van der Waals surface area contributed by atoms with Gasteiger partial charge in [-0.2, -0.15) is 10.4 Å². The molecule has 9 heteroatoms. The molecule has 0 fully saturated rings. The van der Waals surface area contributed by atoms with Crippen LogP contribution in [-0.4, -0.2) is 16.2 Å². The smallest absolute Gasteiger partial charge is 0.270 e. The average Bonchev–Trinajstić information content (AvgIpc) is 2.85. The zero-order valence-corrected chi connectivity index (χ0v) is 19.1. The lowest BCUT2D eigenvalue weighted by Crippen LogP contribution is -2.16. The van der Waals surface area contributed by atoms with Crippen LogP contribution >= 0.6 is 23.2 Å². The van der Waals surface area contributed by atoms with Gasteiger partial charge >= 0.3 is 0 Å². The highest BCUT2D eigenvalue weighted by Crippen LogP contribution is 2.27. The minimum absolute atomic E-state index is 0.0716. The summed E-state index contributed by atoms with van der Waals surface area (Å²) in [6, 6.07) is 23.4. The van der Waals surface area contributed by atoms with Crippen molar-refractivity contribution in [2.24, 2.45) is 5.10 Å². The maximum Gasteiger partial charge on any atom is 0.270 e. The number of ether oxygens (including phenoxy) is 1. The van der Waals surface area contributed by atoms with Crippen molar-refractivity contribution in [1.82, 2.24) is 9.97 Å². The second-order valence-electron chi connectivity index (χ2n) is 7.01. The Balaban J connectivity index is 1.54. The first-order chi connectivity index (χ1) is 16.6. The average molecular weight is 490 g/mol. The fourth-order valence-electron chi connectivity index (χ4n) is 3.14. The summed E-state index contributed by atoms with van der Waals surface area (Å²) in [7, 11) is 0. The Kier molecular flexibility index (Phi) is 7.23. The molecule has 0 bridgehead atoms. The van der Waals surface area contributed by atoms with Gasteiger partial charge in [-0.3, -0.25) is 9.78 Å². The maximum atomic E-state index is 12.4. The highest BCUT2D eigenvalue weighted by atomic mass is 35.5. The Morgan fingerprint density at radius 2 is 1.74 bits per heavy atom. The molecule has 0 unspecified atom stereocenters. The number of rotatable bonds is 7. The molecule has 0 saturated carbocycles. The van der Waals surface area contributed by atoms with Crippen molar-refractivity contribution < 1.29 is 4.74 Å². The summed E-state index contributed by atoms with van der Waals surface area (Å²) in [5.41, 5.74) is 4.36. The molecule has 1 aromatic heterocycles. The van der Waals surface area contributed by atoms with Gasteiger partial charge in [0.05, 0.1) is 11.9 Å². The van der Waals surface area contributed by atoms with Gasteiger partial charge in [-0.05, 0) is 24.3 Å². The zero-order valence-electron chi connectivity index (χ0n) is 17.6. The second kappa shape index (κ2) is 10.7. The first-order valence-electron chi connectivity index (χ1n) is 10.1. The van der Waals surface area contributed by atoms with Crippen LogP contribution in [0.1, 0.15) is 16.7 Å². The Morgan fingerprint density at radius 3 is 2.47 bits per heavy atom. The lowest BCUT2D eigenvalue weighted by molar-refractivity contribution is 0.306. The predicted molar refractivity (Wildman–Crippen MR) is 133 cm³/mol. The van der Waals surface area contributed by atoms with Gasteiger partial charge in [-0.1, -0.05) is 71.7 Å². The van der Waals surface area contributed by atoms with Crippen molar-refractivity contribution in [2.45, 2.75) is 6.61 Å². The minimum Gasteiger partial charge on any atom is -0.488 e. The van der Waals surface area contributed by atoms with E-state index in [-0.39, 0.29) is 23.8 Å². The molecule has 2 N–H and O–H groups in total. The maximum absolute atomic E-state index is 12.4. The molecule has 0 atom stereocenters. The Morgan fingerprint density at radius 1 is 1.03 bits per heavy atom. The van der Waals surface area contributed by atoms with Crippen LogP contribution in [0.3, 0.4) is 0 Å². The number of hydrogen-bond acceptors (Lipinski definition) is 6. The zero-order chi connectivity index (χ0) is 23.9. The number of anilines is 1. The Bertz CT molecular complexity index is 1430. The Hall–Kier alpha value is -4.12. The highest BCUT2D eigenvalue weighted by molar-refractivity contribution is 6.35. The van der Waals surface area contributed by atoms with E-state index in [4.69, 9.17) is 27.9 Å². The third-order valence-electron chi connectivity index (χ3n) is 4.81. The fourth-order valence-corrected chi connectivity index (χ4v) is 3.64. The van der Waals surface area contributed by atoms with E-state index < -0.39 is 5.56 Å². The molecule has 1 heterocycles. The fraction of sp³-hybridized carbons (Fsp3) is 0.0400. The van der Waals surface area contributed by atoms with E-state index in [9.17, 15) is 10.1 Å². The largest absolute Gasteiger partial charge is 0.488 e. The first kappa shape index (κ1) is 23.1. The minimum atomic E-state index is -0.561. The van der Waals surface area contributed by atoms with Crippen LogP contribution in [0, 0.1) is 11.3 Å². The summed E-state index contributed by atoms with van der Waals surface area (Å²) in [5.74, 6) is 0.663. The number of H-pyrrole nitrogens is 1. The van der Waals surface area contributed by atoms with Gasteiger partial charge in [0.2, 0.25) is 5.95 Å². The third-order valence-corrected chi connectivity index (χ3v) is 5.51. The number of nitrogens with one attached hydrogen (secondary N) is 2. The van der Waals surface area contributed by atoms with Crippen LogP contribution in [0.2, 0.25) is 10.0 Å². The normalized spacial score (nSPS) is 10.7. The molecule has 7 nitrogen and oxygen atoms in total. The number of hydrazone groups is 1. The topological polar surface area (TPSA) is 103 Å². The number of benzene rings is 3. The summed E-state index contributed by atoms with van der Waals surface area (Å²) in [5, 5.41) is 14.6. The number of halogens is 2. The predicted octanol–water partition coefficient (Wildman–Crippen LogP) is 5.64. The van der Waals surface area contributed by atoms with Crippen LogP contribution in [0.25, 0.3) is 11.3 Å². The molecule has 4 aromatic rings. The lowest BCUT2D eigenvalue weighted by Gasteiger charge is -2.11. The summed E-state index contributed by atoms with van der Waals surface area (Å²) in [4.78, 5) is 19.3. The molecule has 4 rings (SSSR count). The molecule has 0 spiro atoms. The Labute approximate surface area is 205 Å². The molecule has 34 heavy (non-hydrogen) atoms. The van der Waals surface area contributed by atoms with E-state index in [2.05, 4.69) is 20.5 Å². The van der Waals surface area contributed by atoms with E-state index in [1.807, 2.05) is 30.3 Å². The number of nitrogens with zero attached hydrogens (tertiary/aromatic N) is 3. The van der Waals surface area contributed by atoms with Gasteiger partial charge in [0, 0.05) is 26.7 Å². The van der Waals surface area contributed by atoms with Gasteiger partial charge in [-0.25, -0.2) is 10.4 Å². The van der Waals surface area contributed by atoms with E-state index in [0.29, 0.717) is 32.5 Å². The van der Waals surface area contributed by atoms with Crippen molar-refractivity contribution in [3.05, 3.63) is 110 Å². The van der Waals surface area contributed by atoms with Gasteiger partial charge in [0.15, 0.2) is 0 Å². The standard InChI is InChI=1S/C25H17Cl2N5O2/c26-20-10-6-11-21(27)19(20)15-34-22-12-5-4-9-17(22)14-29-32-25-30-23(16-7-2-1-3-8-16)18(13-28)24(33)31-25/h1-12,14H,15H2,(H2,30,31,32,33). The van der Waals surface area contributed by atoms with Gasteiger partial charge in [0.1, 0.15) is 24.0 Å². The SMILES string of the molecule is N#Cc1c(-c2ccccc2)nc(NN=Cc2ccccc2OCc2c(Cl)cccc2Cl)[nH]c1=O. The summed E-state index contributed by atoms with van der Waals surface area (Å²) in [6.45, 7) is 0.182. The molecule has 168 valence electrons. The molecule has 0 amide bonds. The van der Waals surface area contributed by atoms with E-state index in [0.717, 1.165) is 0 Å². The van der Waals surface area contributed by atoms with Crippen molar-refractivity contribution in [3.8, 4) is 23.1 Å². The van der Waals surface area contributed by atoms with Crippen LogP contribution in [0.15, 0.2) is 82.7 Å². The lowest BCUT2D eigenvalue weighted by atomic mass is 10.1. The van der Waals surface area contributed by atoms with E-state index in [1.165, 1.54) is 6.21 Å². The third kappa shape index (κ3) is 5.26. The van der Waals surface area contributed by atoms with E-state index >= 15 is 0 Å². The number of aromatic nitrogens is 2. The van der Waals surface area contributed by atoms with Crippen molar-refractivity contribution in [3.63, 3.8) is 0 Å². The van der Waals surface area contributed by atoms with Crippen molar-refractivity contribution >= 4 is 35.4 Å². The number of nitriles is 1. The number of hydrogen-bond donors (Lipinski definition) is 2. The van der Waals surface area contributed by atoms with Gasteiger partial charge in [-0.15, -0.1) is 0 Å². The van der Waals surface area contributed by atoms with Gasteiger partial charge in [0.25, 0.3) is 5.56 Å². The van der Waals surface area contributed by atoms with Crippen molar-refractivity contribution in [2.75, 3.05) is 5.43 Å². The molecular weight excluding hydrogens is 473 g/mol. The highest BCUT2D eigenvalue weighted by Gasteiger charge is 2.13. The van der Waals surface area contributed by atoms with Crippen LogP contribution in [-0.2, 0) is 6.61 Å². The number of para-hydroxylation sites is 1. The van der Waals surface area contributed by atoms with Crippen LogP contribution < -0.4 is 15.7 Å². The molecule has 0 aliphatic carbocycles.